The van der Waals surface area contributed by atoms with E-state index in [4.69, 9.17) is 0 Å². The first-order valence-corrected chi connectivity index (χ1v) is 6.61. The molecule has 1 amide bonds. The van der Waals surface area contributed by atoms with E-state index >= 15 is 0 Å². The van der Waals surface area contributed by atoms with Crippen LogP contribution in [0.3, 0.4) is 0 Å². The fraction of sp³-hybridized carbons (Fsp3) is 0.750. The van der Waals surface area contributed by atoms with E-state index < -0.39 is 6.10 Å². The molecule has 1 fully saturated rings. The van der Waals surface area contributed by atoms with Crippen LogP contribution in [0.15, 0.2) is 0 Å². The number of aryl methyl sites for hydroxylation is 1. The van der Waals surface area contributed by atoms with E-state index in [-0.39, 0.29) is 17.8 Å². The van der Waals surface area contributed by atoms with Gasteiger partial charge in [0.2, 0.25) is 5.82 Å². The van der Waals surface area contributed by atoms with Crippen molar-refractivity contribution in [3.8, 4) is 0 Å². The summed E-state index contributed by atoms with van der Waals surface area (Å²) in [4.78, 5) is 16.0. The van der Waals surface area contributed by atoms with Gasteiger partial charge >= 0.3 is 0 Å². The minimum Gasteiger partial charge on any atom is -0.391 e. The second kappa shape index (κ2) is 5.95. The monoisotopic (exact) mass is 252 g/mol. The zero-order chi connectivity index (χ0) is 13.0. The summed E-state index contributed by atoms with van der Waals surface area (Å²) in [5.74, 6) is 0.586. The van der Waals surface area contributed by atoms with E-state index in [1.807, 2.05) is 6.92 Å². The van der Waals surface area contributed by atoms with Crippen LogP contribution in [-0.4, -0.2) is 38.3 Å². The Balaban J connectivity index is 1.93. The normalized spacial score (nSPS) is 23.9. The summed E-state index contributed by atoms with van der Waals surface area (Å²) in [6, 6.07) is -0.167. The van der Waals surface area contributed by atoms with Crippen molar-refractivity contribution in [3.05, 3.63) is 11.6 Å². The number of carbonyl (C=O) groups excluding carboxylic acids is 1. The van der Waals surface area contributed by atoms with Gasteiger partial charge in [0.15, 0.2) is 0 Å². The van der Waals surface area contributed by atoms with Crippen molar-refractivity contribution in [2.45, 2.75) is 57.6 Å². The first-order chi connectivity index (χ1) is 8.70. The number of aromatic amines is 1. The third-order valence-electron chi connectivity index (χ3n) is 3.27. The minimum atomic E-state index is -0.447. The Morgan fingerprint density at radius 3 is 3.00 bits per heavy atom. The van der Waals surface area contributed by atoms with E-state index in [2.05, 4.69) is 20.5 Å². The topological polar surface area (TPSA) is 90.9 Å². The Hall–Kier alpha value is -1.43. The van der Waals surface area contributed by atoms with Crippen molar-refractivity contribution in [1.29, 1.82) is 0 Å². The quantitative estimate of drug-likeness (QED) is 0.739. The summed E-state index contributed by atoms with van der Waals surface area (Å²) in [6.07, 6.45) is 4.92. The van der Waals surface area contributed by atoms with Gasteiger partial charge in [0.1, 0.15) is 5.82 Å². The van der Waals surface area contributed by atoms with Crippen LogP contribution in [0.2, 0.25) is 0 Å². The van der Waals surface area contributed by atoms with E-state index in [9.17, 15) is 9.90 Å². The van der Waals surface area contributed by atoms with E-state index in [0.717, 1.165) is 44.3 Å². The van der Waals surface area contributed by atoms with Crippen molar-refractivity contribution >= 4 is 5.91 Å². The maximum atomic E-state index is 11.9. The molecule has 0 aromatic carbocycles. The predicted octanol–water partition coefficient (Wildman–Crippen LogP) is 0.790. The zero-order valence-electron chi connectivity index (χ0n) is 10.6. The highest BCUT2D eigenvalue weighted by Gasteiger charge is 2.26. The van der Waals surface area contributed by atoms with Gasteiger partial charge < -0.3 is 10.4 Å². The Morgan fingerprint density at radius 1 is 1.50 bits per heavy atom. The number of carbonyl (C=O) groups is 1. The van der Waals surface area contributed by atoms with E-state index in [0.29, 0.717) is 0 Å². The Kier molecular flexibility index (Phi) is 4.30. The highest BCUT2D eigenvalue weighted by Crippen LogP contribution is 2.18. The molecule has 0 bridgehead atoms. The summed E-state index contributed by atoms with van der Waals surface area (Å²) in [7, 11) is 0. The lowest BCUT2D eigenvalue weighted by Gasteiger charge is -2.27. The molecule has 1 aliphatic carbocycles. The van der Waals surface area contributed by atoms with Crippen molar-refractivity contribution < 1.29 is 9.90 Å². The van der Waals surface area contributed by atoms with Crippen molar-refractivity contribution in [2.75, 3.05) is 0 Å². The molecule has 1 aromatic rings. The number of hydrogen-bond donors (Lipinski definition) is 3. The molecule has 1 aliphatic rings. The standard InChI is InChI=1S/C12H20N4O2/c1-2-5-10-14-11(16-15-10)12(18)13-8-6-3-4-7-9(8)17/h8-9,17H,2-7H2,1H3,(H,13,18)(H,14,15,16). The average Bonchev–Trinajstić information content (AvgIpc) is 2.81. The molecule has 2 rings (SSSR count). The third kappa shape index (κ3) is 3.07. The van der Waals surface area contributed by atoms with Crippen LogP contribution < -0.4 is 5.32 Å². The second-order valence-corrected chi connectivity index (χ2v) is 4.79. The maximum Gasteiger partial charge on any atom is 0.291 e. The lowest BCUT2D eigenvalue weighted by molar-refractivity contribution is 0.0710. The van der Waals surface area contributed by atoms with Gasteiger partial charge in [-0.2, -0.15) is 0 Å². The smallest absolute Gasteiger partial charge is 0.291 e. The zero-order valence-corrected chi connectivity index (χ0v) is 10.6. The molecule has 6 nitrogen and oxygen atoms in total. The molecule has 2 atom stereocenters. The number of nitrogens with one attached hydrogen (secondary N) is 2. The van der Waals surface area contributed by atoms with Crippen molar-refractivity contribution in [3.63, 3.8) is 0 Å². The predicted molar refractivity (Wildman–Crippen MR) is 66.1 cm³/mol. The van der Waals surface area contributed by atoms with E-state index in [1.165, 1.54) is 0 Å². The van der Waals surface area contributed by atoms with Crippen LogP contribution in [0.25, 0.3) is 0 Å². The van der Waals surface area contributed by atoms with Crippen LogP contribution in [-0.2, 0) is 6.42 Å². The number of aliphatic hydroxyl groups is 1. The first kappa shape index (κ1) is 13.0. The molecule has 100 valence electrons. The second-order valence-electron chi connectivity index (χ2n) is 4.79. The fourth-order valence-corrected chi connectivity index (χ4v) is 2.26. The largest absolute Gasteiger partial charge is 0.391 e. The molecule has 3 N–H and O–H groups in total. The molecule has 0 saturated heterocycles. The highest BCUT2D eigenvalue weighted by molar-refractivity contribution is 5.90. The lowest BCUT2D eigenvalue weighted by Crippen LogP contribution is -2.45. The van der Waals surface area contributed by atoms with Gasteiger partial charge in [0.25, 0.3) is 5.91 Å². The molecule has 1 heterocycles. The van der Waals surface area contributed by atoms with Gasteiger partial charge in [-0.1, -0.05) is 19.8 Å². The molecule has 0 radical (unpaired) electrons. The molecule has 0 spiro atoms. The van der Waals surface area contributed by atoms with Crippen LogP contribution >= 0.6 is 0 Å². The molecular formula is C12H20N4O2. The molecule has 1 saturated carbocycles. The number of amides is 1. The van der Waals surface area contributed by atoms with E-state index in [1.54, 1.807) is 0 Å². The maximum absolute atomic E-state index is 11.9. The van der Waals surface area contributed by atoms with Crippen LogP contribution in [0.5, 0.6) is 0 Å². The summed E-state index contributed by atoms with van der Waals surface area (Å²) in [6.45, 7) is 2.04. The summed E-state index contributed by atoms with van der Waals surface area (Å²) in [5, 5.41) is 19.2. The van der Waals surface area contributed by atoms with Gasteiger partial charge in [0.05, 0.1) is 12.1 Å². The number of nitrogens with zero attached hydrogens (tertiary/aromatic N) is 2. The van der Waals surface area contributed by atoms with Gasteiger partial charge in [-0.05, 0) is 19.3 Å². The first-order valence-electron chi connectivity index (χ1n) is 6.61. The minimum absolute atomic E-state index is 0.163. The molecule has 6 heteroatoms. The molecular weight excluding hydrogens is 232 g/mol. The average molecular weight is 252 g/mol. The van der Waals surface area contributed by atoms with Gasteiger partial charge in [-0.25, -0.2) is 4.98 Å². The van der Waals surface area contributed by atoms with Crippen molar-refractivity contribution in [2.24, 2.45) is 0 Å². The number of H-pyrrole nitrogens is 1. The summed E-state index contributed by atoms with van der Waals surface area (Å²) >= 11 is 0. The Bertz CT molecular complexity index is 405. The number of hydrogen-bond acceptors (Lipinski definition) is 4. The molecule has 0 aliphatic heterocycles. The highest BCUT2D eigenvalue weighted by atomic mass is 16.3. The lowest BCUT2D eigenvalue weighted by atomic mass is 9.92. The summed E-state index contributed by atoms with van der Waals surface area (Å²) < 4.78 is 0. The van der Waals surface area contributed by atoms with Crippen molar-refractivity contribution in [1.82, 2.24) is 20.5 Å². The van der Waals surface area contributed by atoms with Crippen LogP contribution in [0, 0.1) is 0 Å². The number of rotatable bonds is 4. The number of aliphatic hydroxyl groups excluding tert-OH is 1. The Morgan fingerprint density at radius 2 is 2.28 bits per heavy atom. The SMILES string of the molecule is CCCc1nc(C(=O)NC2CCCCC2O)n[nH]1. The summed E-state index contributed by atoms with van der Waals surface area (Å²) in [5.41, 5.74) is 0. The van der Waals surface area contributed by atoms with Crippen LogP contribution in [0.4, 0.5) is 0 Å². The van der Waals surface area contributed by atoms with Gasteiger partial charge in [-0.3, -0.25) is 9.89 Å². The molecule has 18 heavy (non-hydrogen) atoms. The fourth-order valence-electron chi connectivity index (χ4n) is 2.26. The molecule has 1 aromatic heterocycles. The van der Waals surface area contributed by atoms with Crippen LogP contribution in [0.1, 0.15) is 55.5 Å². The molecule has 2 unspecified atom stereocenters. The number of aromatic nitrogens is 3. The van der Waals surface area contributed by atoms with Gasteiger partial charge in [-0.15, -0.1) is 5.10 Å². The third-order valence-corrected chi connectivity index (χ3v) is 3.27. The Labute approximate surface area is 106 Å². The van der Waals surface area contributed by atoms with Gasteiger partial charge in [0, 0.05) is 6.42 Å².